The van der Waals surface area contributed by atoms with Crippen molar-refractivity contribution in [3.8, 4) is 12.3 Å². The van der Waals surface area contributed by atoms with Gasteiger partial charge in [-0.2, -0.15) is 0 Å². The molecule has 0 amide bonds. The number of nitrogens with zero attached hydrogens (tertiary/aromatic N) is 1. The first-order chi connectivity index (χ1) is 5.78. The molecule has 66 valence electrons. The fourth-order valence-electron chi connectivity index (χ4n) is 2.48. The summed E-state index contributed by atoms with van der Waals surface area (Å²) >= 11 is 0. The van der Waals surface area contributed by atoms with E-state index in [0.29, 0.717) is 6.04 Å². The zero-order valence-corrected chi connectivity index (χ0v) is 7.84. The van der Waals surface area contributed by atoms with Crippen LogP contribution in [0.25, 0.3) is 0 Å². The maximum atomic E-state index is 5.59. The second-order valence-electron chi connectivity index (χ2n) is 4.29. The van der Waals surface area contributed by atoms with Crippen LogP contribution in [0.15, 0.2) is 0 Å². The molecule has 1 heteroatoms. The van der Waals surface area contributed by atoms with E-state index in [2.05, 4.69) is 17.9 Å². The van der Waals surface area contributed by atoms with Crippen molar-refractivity contribution in [2.75, 3.05) is 13.6 Å². The van der Waals surface area contributed by atoms with Gasteiger partial charge in [-0.05, 0) is 39.3 Å². The molecule has 0 aromatic rings. The minimum absolute atomic E-state index is 0.287. The van der Waals surface area contributed by atoms with Crippen LogP contribution in [0, 0.1) is 17.8 Å². The van der Waals surface area contributed by atoms with Gasteiger partial charge in [-0.25, -0.2) is 0 Å². The summed E-state index contributed by atoms with van der Waals surface area (Å²) in [4.78, 5) is 2.47. The molecule has 0 spiro atoms. The summed E-state index contributed by atoms with van der Waals surface area (Å²) in [6.45, 7) is 1.24. The van der Waals surface area contributed by atoms with Crippen molar-refractivity contribution in [3.05, 3.63) is 0 Å². The third kappa shape index (κ3) is 1.15. The first-order valence-corrected chi connectivity index (χ1v) is 4.96. The van der Waals surface area contributed by atoms with Crippen molar-refractivity contribution in [1.82, 2.24) is 4.90 Å². The van der Waals surface area contributed by atoms with Crippen molar-refractivity contribution in [2.45, 2.75) is 38.1 Å². The summed E-state index contributed by atoms with van der Waals surface area (Å²) in [7, 11) is 2.22. The summed E-state index contributed by atoms with van der Waals surface area (Å²) in [6.07, 6.45) is 12.2. The Hall–Kier alpha value is -0.480. The second-order valence-corrected chi connectivity index (χ2v) is 4.29. The molecule has 1 atom stereocenters. The summed E-state index contributed by atoms with van der Waals surface area (Å²) in [6, 6.07) is 0.691. The van der Waals surface area contributed by atoms with Gasteiger partial charge in [0.15, 0.2) is 0 Å². The van der Waals surface area contributed by atoms with Crippen LogP contribution < -0.4 is 0 Å². The van der Waals surface area contributed by atoms with Crippen LogP contribution in [-0.2, 0) is 0 Å². The normalized spacial score (nSPS) is 34.2. The highest BCUT2D eigenvalue weighted by molar-refractivity contribution is 5.20. The van der Waals surface area contributed by atoms with Crippen molar-refractivity contribution in [3.63, 3.8) is 0 Å². The minimum atomic E-state index is 0.287. The fraction of sp³-hybridized carbons (Fsp3) is 0.818. The lowest BCUT2D eigenvalue weighted by molar-refractivity contribution is 0.141. The van der Waals surface area contributed by atoms with Crippen LogP contribution in [0.4, 0.5) is 0 Å². The van der Waals surface area contributed by atoms with Gasteiger partial charge < -0.3 is 4.90 Å². The average molecular weight is 163 g/mol. The Bertz CT molecular complexity index is 210. The molecular weight excluding hydrogens is 146 g/mol. The molecule has 0 aromatic heterocycles. The molecule has 1 heterocycles. The molecule has 0 bridgehead atoms. The highest BCUT2D eigenvalue weighted by Gasteiger charge is 2.49. The molecule has 1 nitrogen and oxygen atoms in total. The van der Waals surface area contributed by atoms with E-state index < -0.39 is 0 Å². The van der Waals surface area contributed by atoms with E-state index in [1.54, 1.807) is 0 Å². The van der Waals surface area contributed by atoms with Crippen LogP contribution in [0.2, 0.25) is 0 Å². The zero-order valence-electron chi connectivity index (χ0n) is 7.84. The number of hydrogen-bond donors (Lipinski definition) is 0. The van der Waals surface area contributed by atoms with Crippen molar-refractivity contribution in [2.24, 2.45) is 5.41 Å². The van der Waals surface area contributed by atoms with Crippen LogP contribution in [-0.4, -0.2) is 24.5 Å². The molecule has 0 N–H and O–H groups in total. The van der Waals surface area contributed by atoms with Crippen molar-refractivity contribution in [1.29, 1.82) is 0 Å². The van der Waals surface area contributed by atoms with E-state index in [4.69, 9.17) is 6.42 Å². The van der Waals surface area contributed by atoms with Gasteiger partial charge in [0.25, 0.3) is 0 Å². The summed E-state index contributed by atoms with van der Waals surface area (Å²) < 4.78 is 0. The largest absolute Gasteiger partial charge is 0.302 e. The molecule has 1 unspecified atom stereocenters. The molecule has 2 aliphatic rings. The van der Waals surface area contributed by atoms with Crippen molar-refractivity contribution >= 4 is 0 Å². The lowest BCUT2D eigenvalue weighted by atomic mass is 9.89. The Labute approximate surface area is 75.1 Å². The molecule has 2 fully saturated rings. The van der Waals surface area contributed by atoms with Gasteiger partial charge in [0.1, 0.15) is 0 Å². The standard InChI is InChI=1S/C11H17N/c1-3-11(7-8-11)10-6-4-5-9-12(10)2/h1,10H,4-9H2,2H3. The first kappa shape index (κ1) is 8.13. The molecule has 0 aromatic carbocycles. The van der Waals surface area contributed by atoms with E-state index in [1.165, 1.54) is 38.6 Å². The van der Waals surface area contributed by atoms with E-state index in [1.807, 2.05) is 0 Å². The first-order valence-electron chi connectivity index (χ1n) is 4.96. The van der Waals surface area contributed by atoms with Gasteiger partial charge >= 0.3 is 0 Å². The minimum Gasteiger partial charge on any atom is -0.302 e. The van der Waals surface area contributed by atoms with Crippen LogP contribution in [0.5, 0.6) is 0 Å². The fourth-order valence-corrected chi connectivity index (χ4v) is 2.48. The number of hydrogen-bond acceptors (Lipinski definition) is 1. The molecule has 1 aliphatic heterocycles. The smallest absolute Gasteiger partial charge is 0.0468 e. The second kappa shape index (κ2) is 2.78. The topological polar surface area (TPSA) is 3.24 Å². The molecule has 1 saturated carbocycles. The molecule has 0 radical (unpaired) electrons. The quantitative estimate of drug-likeness (QED) is 0.533. The monoisotopic (exact) mass is 163 g/mol. The summed E-state index contributed by atoms with van der Waals surface area (Å²) in [5.74, 6) is 3.01. The Balaban J connectivity index is 2.07. The van der Waals surface area contributed by atoms with E-state index in [-0.39, 0.29) is 5.41 Å². The van der Waals surface area contributed by atoms with E-state index in [9.17, 15) is 0 Å². The Kier molecular flexibility index (Phi) is 1.88. The predicted molar refractivity (Wildman–Crippen MR) is 50.8 cm³/mol. The van der Waals surface area contributed by atoms with Crippen LogP contribution >= 0.6 is 0 Å². The molecule has 2 rings (SSSR count). The van der Waals surface area contributed by atoms with Gasteiger partial charge in [0.2, 0.25) is 0 Å². The zero-order chi connectivity index (χ0) is 8.60. The van der Waals surface area contributed by atoms with E-state index in [0.717, 1.165) is 0 Å². The summed E-state index contributed by atoms with van der Waals surface area (Å²) in [5, 5.41) is 0. The molecular formula is C11H17N. The highest BCUT2D eigenvalue weighted by atomic mass is 15.1. The SMILES string of the molecule is C#CC1(C2CCCCN2C)CC1. The number of piperidine rings is 1. The molecule has 12 heavy (non-hydrogen) atoms. The maximum Gasteiger partial charge on any atom is 0.0468 e. The van der Waals surface area contributed by atoms with E-state index >= 15 is 0 Å². The molecule has 1 saturated heterocycles. The third-order valence-electron chi connectivity index (χ3n) is 3.48. The van der Waals surface area contributed by atoms with Crippen LogP contribution in [0.3, 0.4) is 0 Å². The lowest BCUT2D eigenvalue weighted by Crippen LogP contribution is -2.42. The Morgan fingerprint density at radius 3 is 2.67 bits per heavy atom. The highest BCUT2D eigenvalue weighted by Crippen LogP contribution is 2.51. The van der Waals surface area contributed by atoms with Gasteiger partial charge in [-0.3, -0.25) is 0 Å². The van der Waals surface area contributed by atoms with Gasteiger partial charge in [-0.15, -0.1) is 6.42 Å². The third-order valence-corrected chi connectivity index (χ3v) is 3.48. The van der Waals surface area contributed by atoms with Gasteiger partial charge in [-0.1, -0.05) is 12.3 Å². The average Bonchev–Trinajstić information content (AvgIpc) is 2.86. The predicted octanol–water partition coefficient (Wildman–Crippen LogP) is 1.88. The number of terminal acetylenes is 1. The van der Waals surface area contributed by atoms with Gasteiger partial charge in [0.05, 0.1) is 0 Å². The Morgan fingerprint density at radius 1 is 1.42 bits per heavy atom. The van der Waals surface area contributed by atoms with Gasteiger partial charge in [0, 0.05) is 11.5 Å². The number of rotatable bonds is 1. The maximum absolute atomic E-state index is 5.59. The van der Waals surface area contributed by atoms with Crippen LogP contribution in [0.1, 0.15) is 32.1 Å². The molecule has 1 aliphatic carbocycles. The Morgan fingerprint density at radius 2 is 2.17 bits per heavy atom. The lowest BCUT2D eigenvalue weighted by Gasteiger charge is -2.36. The van der Waals surface area contributed by atoms with Crippen molar-refractivity contribution < 1.29 is 0 Å². The summed E-state index contributed by atoms with van der Waals surface area (Å²) in [5.41, 5.74) is 0.287. The number of likely N-dealkylation sites (tertiary alicyclic amines) is 1.